The number of rotatable bonds is 4. The molecule has 2 atom stereocenters. The van der Waals surface area contributed by atoms with Crippen LogP contribution in [0.25, 0.3) is 11.0 Å². The van der Waals surface area contributed by atoms with Gasteiger partial charge in [0.05, 0.1) is 5.39 Å². The van der Waals surface area contributed by atoms with Gasteiger partial charge in [-0.05, 0) is 24.5 Å². The molecule has 3 heterocycles. The number of carbonyl (C=O) groups is 1. The Labute approximate surface area is 171 Å². The van der Waals surface area contributed by atoms with Gasteiger partial charge in [0.2, 0.25) is 5.43 Å². The minimum Gasteiger partial charge on any atom is -0.477 e. The molecule has 8 heteroatoms. The number of carboxylic acids is 1. The van der Waals surface area contributed by atoms with Crippen LogP contribution in [0.5, 0.6) is 0 Å². The molecule has 0 bridgehead atoms. The Bertz CT molecular complexity index is 1210. The summed E-state index contributed by atoms with van der Waals surface area (Å²) in [4.78, 5) is 30.4. The van der Waals surface area contributed by atoms with Crippen LogP contribution in [0.3, 0.4) is 0 Å². The number of hydrogen-bond acceptors (Lipinski definition) is 5. The smallest absolute Gasteiger partial charge is 0.341 e. The first kappa shape index (κ1) is 18.7. The largest absolute Gasteiger partial charge is 0.477 e. The first-order valence-corrected chi connectivity index (χ1v) is 9.98. The van der Waals surface area contributed by atoms with Crippen LogP contribution in [0.15, 0.2) is 47.4 Å². The third-order valence-electron chi connectivity index (χ3n) is 6.00. The zero-order valence-electron chi connectivity index (χ0n) is 16.2. The van der Waals surface area contributed by atoms with E-state index >= 15 is 4.39 Å². The third kappa shape index (κ3) is 3.04. The number of halogens is 1. The molecule has 1 saturated carbocycles. The average molecular weight is 408 g/mol. The molecule has 1 aromatic carbocycles. The van der Waals surface area contributed by atoms with Gasteiger partial charge in [-0.25, -0.2) is 14.2 Å². The van der Waals surface area contributed by atoms with Crippen molar-refractivity contribution in [2.45, 2.75) is 30.8 Å². The molecule has 5 rings (SSSR count). The summed E-state index contributed by atoms with van der Waals surface area (Å²) in [6.07, 6.45) is 3.08. The van der Waals surface area contributed by atoms with E-state index in [2.05, 4.69) is 4.98 Å². The van der Waals surface area contributed by atoms with E-state index in [9.17, 15) is 14.7 Å². The Balaban J connectivity index is 1.60. The van der Waals surface area contributed by atoms with Crippen LogP contribution >= 0.6 is 0 Å². The number of pyridine rings is 2. The molecule has 2 aliphatic rings. The number of hydrogen-bond donors (Lipinski definition) is 2. The Morgan fingerprint density at radius 3 is 2.60 bits per heavy atom. The maximum Gasteiger partial charge on any atom is 0.341 e. The highest BCUT2D eigenvalue weighted by atomic mass is 19.1. The van der Waals surface area contributed by atoms with E-state index in [1.807, 2.05) is 35.2 Å². The second-order valence-corrected chi connectivity index (χ2v) is 8.07. The summed E-state index contributed by atoms with van der Waals surface area (Å²) in [6, 6.07) is 10.9. The van der Waals surface area contributed by atoms with Crippen molar-refractivity contribution in [3.8, 4) is 0 Å². The zero-order chi connectivity index (χ0) is 21.0. The van der Waals surface area contributed by atoms with Gasteiger partial charge in [0.1, 0.15) is 11.2 Å². The monoisotopic (exact) mass is 408 g/mol. The van der Waals surface area contributed by atoms with E-state index in [1.54, 1.807) is 4.57 Å². The minimum absolute atomic E-state index is 0.00819. The minimum atomic E-state index is -1.32. The van der Waals surface area contributed by atoms with E-state index < -0.39 is 17.2 Å². The fourth-order valence-electron chi connectivity index (χ4n) is 4.30. The van der Waals surface area contributed by atoms with Crippen molar-refractivity contribution in [2.75, 3.05) is 18.0 Å². The summed E-state index contributed by atoms with van der Waals surface area (Å²) in [5.74, 6) is -1.78. The molecule has 0 unspecified atom stereocenters. The quantitative estimate of drug-likeness (QED) is 0.688. The molecule has 0 amide bonds. The molecule has 2 fully saturated rings. The summed E-state index contributed by atoms with van der Waals surface area (Å²) < 4.78 is 16.8. The molecule has 154 valence electrons. The van der Waals surface area contributed by atoms with Crippen LogP contribution in [0, 0.1) is 5.82 Å². The number of aromatic nitrogens is 2. The van der Waals surface area contributed by atoms with Gasteiger partial charge in [-0.1, -0.05) is 30.3 Å². The van der Waals surface area contributed by atoms with Gasteiger partial charge in [-0.2, -0.15) is 0 Å². The van der Waals surface area contributed by atoms with E-state index in [0.29, 0.717) is 18.7 Å². The number of carboxylic acid groups (broad SMARTS) is 1. The molecule has 2 aromatic heterocycles. The highest BCUT2D eigenvalue weighted by molar-refractivity contribution is 5.92. The van der Waals surface area contributed by atoms with Gasteiger partial charge < -0.3 is 20.3 Å². The van der Waals surface area contributed by atoms with Crippen molar-refractivity contribution in [1.82, 2.24) is 9.55 Å². The maximum absolute atomic E-state index is 15.0. The molecule has 0 radical (unpaired) electrons. The standard InChI is InChI=1S/C22H21FN4O3/c23-17-8-14-19(28)16(22(29)30)10-27(13-6-7-13)20(14)25-21(17)26-9-15(18(24)11-26)12-4-2-1-3-5-12/h1-5,8,10,13,15,18H,6-7,9,11,24H2,(H,29,30)/t15-,18-/m0/s1. The highest BCUT2D eigenvalue weighted by Gasteiger charge is 2.34. The van der Waals surface area contributed by atoms with Crippen molar-refractivity contribution in [3.63, 3.8) is 0 Å². The molecule has 1 aliphatic heterocycles. The number of aromatic carboxylic acids is 1. The first-order chi connectivity index (χ1) is 14.4. The number of nitrogens with zero attached hydrogens (tertiary/aromatic N) is 3. The maximum atomic E-state index is 15.0. The molecular weight excluding hydrogens is 387 g/mol. The van der Waals surface area contributed by atoms with Crippen molar-refractivity contribution in [2.24, 2.45) is 5.73 Å². The molecule has 30 heavy (non-hydrogen) atoms. The average Bonchev–Trinajstić information content (AvgIpc) is 3.50. The first-order valence-electron chi connectivity index (χ1n) is 9.98. The summed E-state index contributed by atoms with van der Waals surface area (Å²) >= 11 is 0. The molecular formula is C22H21FN4O3. The van der Waals surface area contributed by atoms with Crippen molar-refractivity contribution >= 4 is 22.8 Å². The highest BCUT2D eigenvalue weighted by Crippen LogP contribution is 2.38. The molecule has 3 aromatic rings. The SMILES string of the molecule is N[C@H]1CN(c2nc3c(cc2F)c(=O)c(C(=O)O)cn3C2CC2)C[C@H]1c1ccccc1. The molecule has 3 N–H and O–H groups in total. The molecule has 7 nitrogen and oxygen atoms in total. The van der Waals surface area contributed by atoms with Crippen LogP contribution < -0.4 is 16.1 Å². The van der Waals surface area contributed by atoms with Gasteiger partial charge >= 0.3 is 5.97 Å². The predicted octanol–water partition coefficient (Wildman–Crippen LogP) is 2.50. The summed E-state index contributed by atoms with van der Waals surface area (Å²) in [5.41, 5.74) is 6.69. The van der Waals surface area contributed by atoms with E-state index in [1.165, 1.54) is 6.20 Å². The molecule has 0 spiro atoms. The van der Waals surface area contributed by atoms with Gasteiger partial charge in [0.15, 0.2) is 11.6 Å². The predicted molar refractivity (Wildman–Crippen MR) is 111 cm³/mol. The topological polar surface area (TPSA) is 101 Å². The van der Waals surface area contributed by atoms with E-state index in [-0.39, 0.29) is 34.8 Å². The van der Waals surface area contributed by atoms with Crippen LogP contribution in [-0.4, -0.2) is 39.8 Å². The van der Waals surface area contributed by atoms with Crippen molar-refractivity contribution in [3.05, 3.63) is 69.8 Å². The van der Waals surface area contributed by atoms with Crippen molar-refractivity contribution in [1.29, 1.82) is 0 Å². The Morgan fingerprint density at radius 2 is 1.93 bits per heavy atom. The molecule has 1 saturated heterocycles. The van der Waals surface area contributed by atoms with E-state index in [4.69, 9.17) is 5.73 Å². The summed E-state index contributed by atoms with van der Waals surface area (Å²) in [7, 11) is 0. The Hall–Kier alpha value is -3.26. The van der Waals surface area contributed by atoms with Crippen LogP contribution in [0.4, 0.5) is 10.2 Å². The second-order valence-electron chi connectivity index (χ2n) is 8.07. The number of fused-ring (bicyclic) bond motifs is 1. The Morgan fingerprint density at radius 1 is 1.20 bits per heavy atom. The number of anilines is 1. The second kappa shape index (κ2) is 6.91. The lowest BCUT2D eigenvalue weighted by Gasteiger charge is -2.20. The number of nitrogens with two attached hydrogens (primary N) is 1. The van der Waals surface area contributed by atoms with Gasteiger partial charge in [0, 0.05) is 37.3 Å². The van der Waals surface area contributed by atoms with Gasteiger partial charge in [-0.3, -0.25) is 4.79 Å². The lowest BCUT2D eigenvalue weighted by molar-refractivity contribution is 0.0695. The van der Waals surface area contributed by atoms with Crippen LogP contribution in [0.2, 0.25) is 0 Å². The normalized spacial score (nSPS) is 21.3. The molecule has 1 aliphatic carbocycles. The van der Waals surface area contributed by atoms with E-state index in [0.717, 1.165) is 24.5 Å². The summed E-state index contributed by atoms with van der Waals surface area (Å²) in [5, 5.41) is 9.36. The lowest BCUT2D eigenvalue weighted by atomic mass is 9.95. The third-order valence-corrected chi connectivity index (χ3v) is 6.00. The fourth-order valence-corrected chi connectivity index (χ4v) is 4.30. The lowest BCUT2D eigenvalue weighted by Crippen LogP contribution is -2.29. The van der Waals surface area contributed by atoms with Gasteiger partial charge in [0.25, 0.3) is 0 Å². The van der Waals surface area contributed by atoms with Gasteiger partial charge in [-0.15, -0.1) is 0 Å². The van der Waals surface area contributed by atoms with Crippen molar-refractivity contribution < 1.29 is 14.3 Å². The van der Waals surface area contributed by atoms with Crippen LogP contribution in [0.1, 0.15) is 40.7 Å². The number of benzene rings is 1. The fraction of sp³-hybridized carbons (Fsp3) is 0.318. The Kier molecular flexibility index (Phi) is 4.32. The zero-order valence-corrected chi connectivity index (χ0v) is 16.2. The summed E-state index contributed by atoms with van der Waals surface area (Å²) in [6.45, 7) is 0.956. The van der Waals surface area contributed by atoms with Crippen LogP contribution in [-0.2, 0) is 0 Å².